The number of hydrogen-bond donors (Lipinski definition) is 1. The van der Waals surface area contributed by atoms with Crippen LogP contribution >= 0.6 is 35.5 Å². The van der Waals surface area contributed by atoms with Crippen molar-refractivity contribution in [3.8, 4) is 0 Å². The molecule has 1 N–H and O–H groups in total. The molecule has 1 saturated heterocycles. The number of thiazole rings is 1. The van der Waals surface area contributed by atoms with Crippen molar-refractivity contribution in [1.82, 2.24) is 25.1 Å². The lowest BCUT2D eigenvalue weighted by Gasteiger charge is -2.14. The maximum Gasteiger partial charge on any atom is 0.191 e. The molecule has 0 aliphatic carbocycles. The summed E-state index contributed by atoms with van der Waals surface area (Å²) < 4.78 is 9.23. The Morgan fingerprint density at radius 1 is 1.35 bits per heavy atom. The minimum Gasteiger partial charge on any atom is -0.376 e. The van der Waals surface area contributed by atoms with E-state index in [1.807, 2.05) is 13.1 Å². The molecule has 1 aromatic carbocycles. The highest BCUT2D eigenvalue weighted by Crippen LogP contribution is 2.28. The molecule has 2 aromatic heterocycles. The summed E-state index contributed by atoms with van der Waals surface area (Å²) in [7, 11) is 1.93. The van der Waals surface area contributed by atoms with Crippen molar-refractivity contribution < 1.29 is 4.74 Å². The molecule has 1 aliphatic rings. The molecule has 26 heavy (non-hydrogen) atoms. The molecule has 0 amide bonds. The summed E-state index contributed by atoms with van der Waals surface area (Å²) in [5, 5.41) is 14.0. The third kappa shape index (κ3) is 4.37. The highest BCUT2D eigenvalue weighted by atomic mass is 35.5. The fourth-order valence-electron chi connectivity index (χ4n) is 3.00. The van der Waals surface area contributed by atoms with Crippen LogP contribution < -0.4 is 5.32 Å². The second kappa shape index (κ2) is 9.14. The van der Waals surface area contributed by atoms with Crippen LogP contribution in [0.5, 0.6) is 0 Å². The molecule has 0 bridgehead atoms. The van der Waals surface area contributed by atoms with Gasteiger partial charge in [-0.2, -0.15) is 0 Å². The van der Waals surface area contributed by atoms with Gasteiger partial charge in [-0.25, -0.2) is 4.98 Å². The van der Waals surface area contributed by atoms with Crippen LogP contribution in [0, 0.1) is 0 Å². The second-order valence-electron chi connectivity index (χ2n) is 6.04. The van der Waals surface area contributed by atoms with Gasteiger partial charge in [-0.05, 0) is 32.0 Å². The van der Waals surface area contributed by atoms with Gasteiger partial charge in [0.1, 0.15) is 10.8 Å². The first-order valence-electron chi connectivity index (χ1n) is 8.49. The Morgan fingerprint density at radius 2 is 2.23 bits per heavy atom. The highest BCUT2D eigenvalue weighted by Gasteiger charge is 2.21. The van der Waals surface area contributed by atoms with E-state index in [-0.39, 0.29) is 18.5 Å². The van der Waals surface area contributed by atoms with E-state index in [9.17, 15) is 0 Å². The third-order valence-corrected chi connectivity index (χ3v) is 6.40. The molecule has 140 valence electrons. The topological polar surface area (TPSA) is 64.9 Å². The van der Waals surface area contributed by atoms with Gasteiger partial charge < -0.3 is 14.6 Å². The van der Waals surface area contributed by atoms with Gasteiger partial charge in [0.05, 0.1) is 35.2 Å². The lowest BCUT2D eigenvalue weighted by molar-refractivity contribution is 0.0941. The van der Waals surface area contributed by atoms with Crippen molar-refractivity contribution in [3.63, 3.8) is 0 Å². The van der Waals surface area contributed by atoms with Crippen LogP contribution in [0.3, 0.4) is 0 Å². The van der Waals surface area contributed by atoms with Gasteiger partial charge in [-0.1, -0.05) is 23.9 Å². The third-order valence-electron chi connectivity index (χ3n) is 4.20. The van der Waals surface area contributed by atoms with Crippen LogP contribution in [0.1, 0.15) is 23.7 Å². The Morgan fingerprint density at radius 3 is 3.00 bits per heavy atom. The van der Waals surface area contributed by atoms with Crippen molar-refractivity contribution in [2.75, 3.05) is 13.7 Å². The Hall–Kier alpha value is -1.19. The molecular weight excluding hydrogens is 390 g/mol. The summed E-state index contributed by atoms with van der Waals surface area (Å²) in [5.41, 5.74) is 1.07. The summed E-state index contributed by atoms with van der Waals surface area (Å²) in [5.74, 6) is 1.77. The predicted octanol–water partition coefficient (Wildman–Crippen LogP) is 3.50. The number of thioether (sulfide) groups is 1. The smallest absolute Gasteiger partial charge is 0.191 e. The molecule has 1 atom stereocenters. The summed E-state index contributed by atoms with van der Waals surface area (Å²) in [6, 6.07) is 8.26. The van der Waals surface area contributed by atoms with Crippen molar-refractivity contribution in [3.05, 3.63) is 35.1 Å². The van der Waals surface area contributed by atoms with Gasteiger partial charge in [0.25, 0.3) is 0 Å². The fraction of sp³-hybridized carbons (Fsp3) is 0.471. The van der Waals surface area contributed by atoms with Gasteiger partial charge in [0.15, 0.2) is 5.16 Å². The summed E-state index contributed by atoms with van der Waals surface area (Å²) in [6.45, 7) is 2.40. The molecule has 1 fully saturated rings. The van der Waals surface area contributed by atoms with Gasteiger partial charge in [-0.15, -0.1) is 33.9 Å². The fourth-order valence-corrected chi connectivity index (χ4v) is 4.92. The Bertz CT molecular complexity index is 814. The largest absolute Gasteiger partial charge is 0.376 e. The molecule has 0 radical (unpaired) electrons. The molecule has 9 heteroatoms. The minimum atomic E-state index is 0. The minimum absolute atomic E-state index is 0. The number of ether oxygens (including phenoxy) is 1. The Balaban J connectivity index is 0.00000196. The number of para-hydroxylation sites is 1. The van der Waals surface area contributed by atoms with Gasteiger partial charge >= 0.3 is 0 Å². The zero-order chi connectivity index (χ0) is 17.1. The molecule has 1 aliphatic heterocycles. The zero-order valence-electron chi connectivity index (χ0n) is 14.6. The number of halogens is 1. The van der Waals surface area contributed by atoms with Crippen LogP contribution in [-0.2, 0) is 23.6 Å². The van der Waals surface area contributed by atoms with E-state index < -0.39 is 0 Å². The van der Waals surface area contributed by atoms with E-state index in [2.05, 4.69) is 38.3 Å². The predicted molar refractivity (Wildman–Crippen MR) is 108 cm³/mol. The van der Waals surface area contributed by atoms with Crippen molar-refractivity contribution >= 4 is 45.7 Å². The maximum atomic E-state index is 5.80. The molecule has 1 unspecified atom stereocenters. The van der Waals surface area contributed by atoms with Crippen LogP contribution in [0.4, 0.5) is 0 Å². The number of benzene rings is 1. The van der Waals surface area contributed by atoms with E-state index in [1.165, 1.54) is 4.70 Å². The van der Waals surface area contributed by atoms with E-state index in [0.717, 1.165) is 53.3 Å². The van der Waals surface area contributed by atoms with E-state index >= 15 is 0 Å². The first kappa shape index (κ1) is 19.6. The average molecular weight is 412 g/mol. The van der Waals surface area contributed by atoms with E-state index in [0.29, 0.717) is 6.54 Å². The molecule has 3 heterocycles. The Kier molecular flexibility index (Phi) is 6.88. The SMILES string of the molecule is CNCc1nnc(SCc2nc3ccccc3s2)n1CC1CCCO1.Cl. The van der Waals surface area contributed by atoms with Gasteiger partial charge in [-0.3, -0.25) is 0 Å². The van der Waals surface area contributed by atoms with Crippen LogP contribution in [0.15, 0.2) is 29.4 Å². The number of fused-ring (bicyclic) bond motifs is 1. The Labute approximate surface area is 167 Å². The molecule has 0 saturated carbocycles. The summed E-state index contributed by atoms with van der Waals surface area (Å²) >= 11 is 3.45. The number of aromatic nitrogens is 4. The number of nitrogens with one attached hydrogen (secondary N) is 1. The van der Waals surface area contributed by atoms with E-state index in [1.54, 1.807) is 23.1 Å². The standard InChI is InChI=1S/C17H21N5OS2.ClH/c1-18-9-15-20-21-17(22(15)10-12-5-4-8-23-12)24-11-16-19-13-6-2-3-7-14(13)25-16;/h2-3,6-7,12,18H,4-5,8-11H2,1H3;1H. The van der Waals surface area contributed by atoms with Crippen molar-refractivity contribution in [1.29, 1.82) is 0 Å². The summed E-state index contributed by atoms with van der Waals surface area (Å²) in [4.78, 5) is 4.71. The molecule has 3 aromatic rings. The number of hydrogen-bond acceptors (Lipinski definition) is 7. The first-order chi connectivity index (χ1) is 12.3. The molecule has 4 rings (SSSR count). The molecule has 6 nitrogen and oxygen atoms in total. The van der Waals surface area contributed by atoms with Gasteiger partial charge in [0, 0.05) is 6.61 Å². The number of nitrogens with zero attached hydrogens (tertiary/aromatic N) is 4. The maximum absolute atomic E-state index is 5.80. The molecule has 0 spiro atoms. The van der Waals surface area contributed by atoms with Crippen molar-refractivity contribution in [2.24, 2.45) is 0 Å². The zero-order valence-corrected chi connectivity index (χ0v) is 17.0. The quantitative estimate of drug-likeness (QED) is 0.600. The van der Waals surface area contributed by atoms with Crippen LogP contribution in [0.2, 0.25) is 0 Å². The summed E-state index contributed by atoms with van der Waals surface area (Å²) in [6.07, 6.45) is 2.52. The van der Waals surface area contributed by atoms with E-state index in [4.69, 9.17) is 9.72 Å². The normalized spacial score (nSPS) is 16.9. The monoisotopic (exact) mass is 411 g/mol. The second-order valence-corrected chi connectivity index (χ2v) is 8.10. The van der Waals surface area contributed by atoms with Gasteiger partial charge in [0.2, 0.25) is 0 Å². The van der Waals surface area contributed by atoms with Crippen LogP contribution in [-0.4, -0.2) is 39.5 Å². The lowest BCUT2D eigenvalue weighted by Crippen LogP contribution is -2.20. The lowest BCUT2D eigenvalue weighted by atomic mass is 10.2. The number of rotatable bonds is 7. The van der Waals surface area contributed by atoms with Crippen molar-refractivity contribution in [2.45, 2.75) is 42.9 Å². The molecular formula is C17H22ClN5OS2. The van der Waals surface area contributed by atoms with Crippen LogP contribution in [0.25, 0.3) is 10.2 Å². The average Bonchev–Trinajstić information content (AvgIpc) is 3.35. The highest BCUT2D eigenvalue weighted by molar-refractivity contribution is 7.98. The first-order valence-corrected chi connectivity index (χ1v) is 10.3.